The molecule has 3 heterocycles. The lowest BCUT2D eigenvalue weighted by Gasteiger charge is -2.33. The maximum absolute atomic E-state index is 13.2. The average molecular weight is 432 g/mol. The number of carbonyl (C=O) groups is 1. The van der Waals surface area contributed by atoms with Gasteiger partial charge in [0.2, 0.25) is 0 Å². The Morgan fingerprint density at radius 3 is 2.75 bits per heavy atom. The van der Waals surface area contributed by atoms with Crippen LogP contribution in [0.25, 0.3) is 0 Å². The van der Waals surface area contributed by atoms with Gasteiger partial charge < -0.3 is 14.4 Å². The molecule has 1 saturated heterocycles. The SMILES string of the molecule is COc1cc(C(=O)N2CCC[C@@H](Cc3cccc(C)n3)C2)ccc1OCc1ccccn1. The van der Waals surface area contributed by atoms with E-state index in [1.54, 1.807) is 25.4 Å². The summed E-state index contributed by atoms with van der Waals surface area (Å²) in [6.45, 7) is 3.87. The minimum atomic E-state index is 0.0291. The van der Waals surface area contributed by atoms with Crippen molar-refractivity contribution in [3.8, 4) is 11.5 Å². The molecule has 6 heteroatoms. The Morgan fingerprint density at radius 2 is 1.97 bits per heavy atom. The molecule has 1 amide bonds. The summed E-state index contributed by atoms with van der Waals surface area (Å²) < 4.78 is 11.4. The van der Waals surface area contributed by atoms with Gasteiger partial charge in [0.15, 0.2) is 11.5 Å². The van der Waals surface area contributed by atoms with Crippen molar-refractivity contribution >= 4 is 5.91 Å². The van der Waals surface area contributed by atoms with E-state index in [-0.39, 0.29) is 5.91 Å². The number of benzene rings is 1. The number of nitrogens with zero attached hydrogens (tertiary/aromatic N) is 3. The van der Waals surface area contributed by atoms with Gasteiger partial charge in [-0.15, -0.1) is 0 Å². The van der Waals surface area contributed by atoms with Crippen molar-refractivity contribution in [1.29, 1.82) is 0 Å². The molecule has 1 aromatic carbocycles. The van der Waals surface area contributed by atoms with Crippen molar-refractivity contribution in [3.05, 3.63) is 83.4 Å². The van der Waals surface area contributed by atoms with E-state index in [4.69, 9.17) is 9.47 Å². The van der Waals surface area contributed by atoms with E-state index in [9.17, 15) is 4.79 Å². The van der Waals surface area contributed by atoms with Gasteiger partial charge in [0, 0.05) is 36.2 Å². The normalized spacial score (nSPS) is 15.9. The van der Waals surface area contributed by atoms with E-state index < -0.39 is 0 Å². The van der Waals surface area contributed by atoms with Crippen molar-refractivity contribution in [2.45, 2.75) is 32.8 Å². The molecule has 1 atom stereocenters. The number of hydrogen-bond donors (Lipinski definition) is 0. The van der Waals surface area contributed by atoms with Crippen molar-refractivity contribution in [2.24, 2.45) is 5.92 Å². The van der Waals surface area contributed by atoms with Crippen molar-refractivity contribution < 1.29 is 14.3 Å². The largest absolute Gasteiger partial charge is 0.493 e. The molecular weight excluding hydrogens is 402 g/mol. The van der Waals surface area contributed by atoms with Crippen molar-refractivity contribution in [2.75, 3.05) is 20.2 Å². The Labute approximate surface area is 189 Å². The lowest BCUT2D eigenvalue weighted by atomic mass is 9.92. The van der Waals surface area contributed by atoms with E-state index in [0.29, 0.717) is 29.6 Å². The van der Waals surface area contributed by atoms with Crippen LogP contribution in [0.3, 0.4) is 0 Å². The Balaban J connectivity index is 1.41. The first kappa shape index (κ1) is 21.8. The standard InChI is InChI=1S/C26H29N3O3/c1-19-7-5-10-22(28-19)15-20-8-6-14-29(17-20)26(30)21-11-12-24(25(16-21)31-2)32-18-23-9-3-4-13-27-23/h3-5,7,9-13,16,20H,6,8,14-15,17-18H2,1-2H3/t20-/m0/s1. The van der Waals surface area contributed by atoms with Crippen LogP contribution >= 0.6 is 0 Å². The van der Waals surface area contributed by atoms with Crippen molar-refractivity contribution in [1.82, 2.24) is 14.9 Å². The van der Waals surface area contributed by atoms with Gasteiger partial charge in [-0.1, -0.05) is 12.1 Å². The second-order valence-corrected chi connectivity index (χ2v) is 8.21. The summed E-state index contributed by atoms with van der Waals surface area (Å²) in [6, 6.07) is 17.2. The third kappa shape index (κ3) is 5.44. The number of methoxy groups -OCH3 is 1. The van der Waals surface area contributed by atoms with Crippen LogP contribution in [0.4, 0.5) is 0 Å². The highest BCUT2D eigenvalue weighted by Crippen LogP contribution is 2.30. The molecule has 1 aliphatic rings. The van der Waals surface area contributed by atoms with Crippen LogP contribution in [-0.2, 0) is 13.0 Å². The second kappa shape index (κ2) is 10.3. The minimum absolute atomic E-state index is 0.0291. The number of pyridine rings is 2. The molecule has 4 rings (SSSR count). The first-order valence-corrected chi connectivity index (χ1v) is 11.0. The van der Waals surface area contributed by atoms with Gasteiger partial charge >= 0.3 is 0 Å². The highest BCUT2D eigenvalue weighted by Gasteiger charge is 2.25. The van der Waals surface area contributed by atoms with Crippen LogP contribution in [0.15, 0.2) is 60.8 Å². The molecule has 32 heavy (non-hydrogen) atoms. The number of aryl methyl sites for hydroxylation is 1. The first-order chi connectivity index (χ1) is 15.6. The van der Waals surface area contributed by atoms with Gasteiger partial charge in [-0.3, -0.25) is 14.8 Å². The van der Waals surface area contributed by atoms with Crippen LogP contribution in [0.5, 0.6) is 11.5 Å². The number of aromatic nitrogens is 2. The second-order valence-electron chi connectivity index (χ2n) is 8.21. The Bertz CT molecular complexity index is 1060. The molecular formula is C26H29N3O3. The molecule has 1 fully saturated rings. The maximum atomic E-state index is 13.2. The molecule has 0 bridgehead atoms. The topological polar surface area (TPSA) is 64.5 Å². The van der Waals surface area contributed by atoms with E-state index in [2.05, 4.69) is 16.0 Å². The summed E-state index contributed by atoms with van der Waals surface area (Å²) in [7, 11) is 1.59. The van der Waals surface area contributed by atoms with Crippen molar-refractivity contribution in [3.63, 3.8) is 0 Å². The molecule has 166 valence electrons. The minimum Gasteiger partial charge on any atom is -0.493 e. The van der Waals surface area contributed by atoms with Crippen LogP contribution in [0.1, 0.15) is 40.3 Å². The number of carbonyl (C=O) groups excluding carboxylic acids is 1. The summed E-state index contributed by atoms with van der Waals surface area (Å²) in [5, 5.41) is 0. The third-order valence-corrected chi connectivity index (χ3v) is 5.76. The molecule has 0 radical (unpaired) electrons. The van der Waals surface area contributed by atoms with E-state index in [1.165, 1.54) is 0 Å². The highest BCUT2D eigenvalue weighted by atomic mass is 16.5. The van der Waals surface area contributed by atoms with Crippen LogP contribution in [0.2, 0.25) is 0 Å². The third-order valence-electron chi connectivity index (χ3n) is 5.76. The van der Waals surface area contributed by atoms with E-state index in [0.717, 1.165) is 49.4 Å². The lowest BCUT2D eigenvalue weighted by molar-refractivity contribution is 0.0672. The van der Waals surface area contributed by atoms with Gasteiger partial charge in [0.25, 0.3) is 5.91 Å². The number of hydrogen-bond acceptors (Lipinski definition) is 5. The number of rotatable bonds is 7. The van der Waals surface area contributed by atoms with Gasteiger partial charge in [0.1, 0.15) is 6.61 Å². The smallest absolute Gasteiger partial charge is 0.254 e. The molecule has 1 aliphatic heterocycles. The predicted octanol–water partition coefficient (Wildman–Crippen LogP) is 4.47. The van der Waals surface area contributed by atoms with Gasteiger partial charge in [-0.25, -0.2) is 0 Å². The first-order valence-electron chi connectivity index (χ1n) is 11.0. The maximum Gasteiger partial charge on any atom is 0.254 e. The Hall–Kier alpha value is -3.41. The fourth-order valence-electron chi connectivity index (χ4n) is 4.16. The fraction of sp³-hybridized carbons (Fsp3) is 0.346. The molecule has 0 saturated carbocycles. The van der Waals surface area contributed by atoms with Crippen LogP contribution in [0, 0.1) is 12.8 Å². The van der Waals surface area contributed by atoms with Crippen LogP contribution in [-0.4, -0.2) is 41.0 Å². The summed E-state index contributed by atoms with van der Waals surface area (Å²) in [6.07, 6.45) is 4.75. The van der Waals surface area contributed by atoms with Gasteiger partial charge in [0.05, 0.1) is 12.8 Å². The Kier molecular flexibility index (Phi) is 7.00. The molecule has 2 aromatic heterocycles. The molecule has 0 N–H and O–H groups in total. The molecule has 0 unspecified atom stereocenters. The molecule has 0 aliphatic carbocycles. The van der Waals surface area contributed by atoms with Gasteiger partial charge in [-0.05, 0) is 74.6 Å². The number of ether oxygens (including phenoxy) is 2. The summed E-state index contributed by atoms with van der Waals surface area (Å²) in [5.74, 6) is 1.59. The monoisotopic (exact) mass is 431 g/mol. The number of piperidine rings is 1. The quantitative estimate of drug-likeness (QED) is 0.552. The molecule has 3 aromatic rings. The average Bonchev–Trinajstić information content (AvgIpc) is 2.83. The Morgan fingerprint density at radius 1 is 1.09 bits per heavy atom. The van der Waals surface area contributed by atoms with E-state index in [1.807, 2.05) is 48.2 Å². The highest BCUT2D eigenvalue weighted by molar-refractivity contribution is 5.95. The summed E-state index contributed by atoms with van der Waals surface area (Å²) in [4.78, 5) is 24.1. The predicted molar refractivity (Wildman–Crippen MR) is 123 cm³/mol. The zero-order valence-electron chi connectivity index (χ0n) is 18.7. The summed E-state index contributed by atoms with van der Waals surface area (Å²) in [5.41, 5.74) is 3.57. The number of amides is 1. The summed E-state index contributed by atoms with van der Waals surface area (Å²) >= 11 is 0. The fourth-order valence-corrected chi connectivity index (χ4v) is 4.16. The zero-order chi connectivity index (χ0) is 22.3. The molecule has 0 spiro atoms. The molecule has 6 nitrogen and oxygen atoms in total. The van der Waals surface area contributed by atoms with Crippen LogP contribution < -0.4 is 9.47 Å². The van der Waals surface area contributed by atoms with E-state index >= 15 is 0 Å². The zero-order valence-corrected chi connectivity index (χ0v) is 18.7. The number of likely N-dealkylation sites (tertiary alicyclic amines) is 1. The van der Waals surface area contributed by atoms with Gasteiger partial charge in [-0.2, -0.15) is 0 Å². The lowest BCUT2D eigenvalue weighted by Crippen LogP contribution is -2.40.